The fourth-order valence-corrected chi connectivity index (χ4v) is 8.46. The molecule has 2 N–H and O–H groups in total. The fourth-order valence-electron chi connectivity index (χ4n) is 7.35. The molecule has 2 aliphatic carbocycles. The minimum Gasteiger partial charge on any atom is -0.284 e. The van der Waals surface area contributed by atoms with E-state index in [4.69, 9.17) is 0 Å². The summed E-state index contributed by atoms with van der Waals surface area (Å²) in [4.78, 5) is 0. The summed E-state index contributed by atoms with van der Waals surface area (Å²) in [6, 6.07) is 40.8. The Morgan fingerprint density at radius 2 is 0.821 bits per heavy atom. The smallest absolute Gasteiger partial charge is 0.229 e. The molecule has 56 heavy (non-hydrogen) atoms. The van der Waals surface area contributed by atoms with Gasteiger partial charge in [0.25, 0.3) is 0 Å². The molecule has 0 heterocycles. The van der Waals surface area contributed by atoms with Crippen molar-refractivity contribution >= 4 is 54.7 Å². The van der Waals surface area contributed by atoms with Crippen LogP contribution in [-0.2, 0) is 45.7 Å². The highest BCUT2D eigenvalue weighted by atomic mass is 32.2. The summed E-state index contributed by atoms with van der Waals surface area (Å²) in [7, 11) is -6.69. The van der Waals surface area contributed by atoms with Gasteiger partial charge in [-0.1, -0.05) is 84.9 Å². The summed E-state index contributed by atoms with van der Waals surface area (Å²) >= 11 is 0. The lowest BCUT2D eigenvalue weighted by atomic mass is 9.92. The summed E-state index contributed by atoms with van der Waals surface area (Å²) in [6.45, 7) is 0. The van der Waals surface area contributed by atoms with Crippen LogP contribution in [0.5, 0.6) is 0 Å². The number of halogens is 2. The van der Waals surface area contributed by atoms with Crippen molar-refractivity contribution < 1.29 is 25.6 Å². The van der Waals surface area contributed by atoms with Crippen LogP contribution in [0.3, 0.4) is 0 Å². The Balaban J connectivity index is 0.000000172. The first kappa shape index (κ1) is 38.4. The van der Waals surface area contributed by atoms with E-state index in [9.17, 15) is 25.6 Å². The van der Waals surface area contributed by atoms with Crippen molar-refractivity contribution in [1.82, 2.24) is 0 Å². The quantitative estimate of drug-likeness (QED) is 0.176. The van der Waals surface area contributed by atoms with Crippen LogP contribution in [0.4, 0.5) is 20.2 Å². The minimum absolute atomic E-state index is 0.233. The molecule has 0 bridgehead atoms. The van der Waals surface area contributed by atoms with Crippen molar-refractivity contribution in [3.05, 3.63) is 201 Å². The largest absolute Gasteiger partial charge is 0.284 e. The van der Waals surface area contributed by atoms with Gasteiger partial charge in [-0.15, -0.1) is 0 Å². The van der Waals surface area contributed by atoms with Crippen molar-refractivity contribution in [2.75, 3.05) is 22.0 Å². The second kappa shape index (κ2) is 16.1. The summed E-state index contributed by atoms with van der Waals surface area (Å²) in [6.07, 6.45) is 9.57. The van der Waals surface area contributed by atoms with Crippen LogP contribution < -0.4 is 9.44 Å². The zero-order valence-electron chi connectivity index (χ0n) is 30.9. The Bertz CT molecular complexity index is 2550. The van der Waals surface area contributed by atoms with Gasteiger partial charge in [0, 0.05) is 11.4 Å². The number of hydrogen-bond donors (Lipinski definition) is 2. The zero-order chi connectivity index (χ0) is 39.5. The number of benzene rings is 6. The molecular weight excluding hydrogens is 747 g/mol. The molecule has 0 spiro atoms. The zero-order valence-corrected chi connectivity index (χ0v) is 32.5. The average molecular weight is 787 g/mol. The predicted molar refractivity (Wildman–Crippen MR) is 224 cm³/mol. The van der Waals surface area contributed by atoms with Gasteiger partial charge in [0.2, 0.25) is 20.0 Å². The normalized spacial score (nSPS) is 14.9. The molecule has 8 rings (SSSR count). The second-order valence-corrected chi connectivity index (χ2v) is 17.5. The van der Waals surface area contributed by atoms with Gasteiger partial charge in [-0.05, 0) is 153 Å². The third-order valence-corrected chi connectivity index (χ3v) is 10.9. The summed E-state index contributed by atoms with van der Waals surface area (Å²) in [5, 5.41) is 0. The first-order valence-corrected chi connectivity index (χ1v) is 21.9. The number of fused-ring (bicyclic) bond motifs is 4. The summed E-state index contributed by atoms with van der Waals surface area (Å²) in [5.74, 6) is -0.466. The van der Waals surface area contributed by atoms with E-state index in [-0.39, 0.29) is 11.6 Å². The van der Waals surface area contributed by atoms with Crippen molar-refractivity contribution in [1.29, 1.82) is 0 Å². The molecule has 0 atom stereocenters. The lowest BCUT2D eigenvalue weighted by molar-refractivity contribution is 0.605. The maximum Gasteiger partial charge on any atom is 0.229 e. The lowest BCUT2D eigenvalue weighted by Gasteiger charge is -2.13. The first-order valence-electron chi connectivity index (χ1n) is 18.1. The van der Waals surface area contributed by atoms with E-state index in [0.717, 1.165) is 93.8 Å². The van der Waals surface area contributed by atoms with Crippen LogP contribution in [0.15, 0.2) is 133 Å². The number of anilines is 2. The molecule has 10 heteroatoms. The third kappa shape index (κ3) is 9.50. The van der Waals surface area contributed by atoms with E-state index in [1.165, 1.54) is 23.3 Å². The van der Waals surface area contributed by atoms with Gasteiger partial charge in [-0.25, -0.2) is 25.6 Å². The van der Waals surface area contributed by atoms with Crippen LogP contribution in [0.25, 0.3) is 23.3 Å². The van der Waals surface area contributed by atoms with E-state index in [2.05, 4.69) is 33.7 Å². The minimum atomic E-state index is -3.35. The van der Waals surface area contributed by atoms with Gasteiger partial charge in [0.15, 0.2) is 0 Å². The Labute approximate surface area is 327 Å². The number of nitrogens with one attached hydrogen (secondary N) is 2. The Morgan fingerprint density at radius 3 is 1.23 bits per heavy atom. The third-order valence-electron chi connectivity index (χ3n) is 9.66. The van der Waals surface area contributed by atoms with E-state index < -0.39 is 20.0 Å². The first-order chi connectivity index (χ1) is 26.8. The molecule has 0 aromatic heterocycles. The number of rotatable bonds is 6. The van der Waals surface area contributed by atoms with Crippen LogP contribution in [-0.4, -0.2) is 29.3 Å². The molecular formula is C46H40F2N2O4S2. The molecule has 284 valence electrons. The topological polar surface area (TPSA) is 92.3 Å². The highest BCUT2D eigenvalue weighted by Crippen LogP contribution is 2.37. The van der Waals surface area contributed by atoms with Crippen LogP contribution in [0.2, 0.25) is 0 Å². The summed E-state index contributed by atoms with van der Waals surface area (Å²) < 4.78 is 78.9. The highest BCUT2D eigenvalue weighted by Gasteiger charge is 2.20. The maximum absolute atomic E-state index is 13.8. The standard InChI is InChI=1S/2C23H20FNO2S/c2*1-28(26,27)25-20-7-4-5-16(13-20)14-23-21-8-3-2-6-17(21)9-10-18-15-19(24)11-12-22(18)23/h2*2-8,11-15,25H,9-10H2,1H3/b23-14+;23-14-. The van der Waals surface area contributed by atoms with Gasteiger partial charge in [0.1, 0.15) is 11.6 Å². The van der Waals surface area contributed by atoms with Gasteiger partial charge in [0.05, 0.1) is 12.5 Å². The molecule has 2 aliphatic rings. The van der Waals surface area contributed by atoms with Crippen molar-refractivity contribution in [3.63, 3.8) is 0 Å². The maximum atomic E-state index is 13.8. The molecule has 0 aliphatic heterocycles. The van der Waals surface area contributed by atoms with Gasteiger partial charge in [-0.2, -0.15) is 0 Å². The van der Waals surface area contributed by atoms with E-state index in [0.29, 0.717) is 11.4 Å². The van der Waals surface area contributed by atoms with Crippen LogP contribution >= 0.6 is 0 Å². The van der Waals surface area contributed by atoms with Gasteiger partial charge >= 0.3 is 0 Å². The van der Waals surface area contributed by atoms with E-state index in [1.807, 2.05) is 72.8 Å². The molecule has 0 fully saturated rings. The second-order valence-electron chi connectivity index (χ2n) is 14.0. The van der Waals surface area contributed by atoms with E-state index >= 15 is 0 Å². The van der Waals surface area contributed by atoms with Crippen LogP contribution in [0, 0.1) is 11.6 Å². The Morgan fingerprint density at radius 1 is 0.446 bits per heavy atom. The Hall–Kier alpha value is -5.84. The van der Waals surface area contributed by atoms with Crippen LogP contribution in [0.1, 0.15) is 55.6 Å². The van der Waals surface area contributed by atoms with Crippen molar-refractivity contribution in [2.24, 2.45) is 0 Å². The molecule has 0 unspecified atom stereocenters. The monoisotopic (exact) mass is 786 g/mol. The number of sulfonamides is 2. The SMILES string of the molecule is CS(=O)(=O)Nc1cccc(/C=C2/c3ccccc3CCc3cc(F)ccc32)c1.CS(=O)(=O)Nc1cccc(/C=C2\c3ccccc3CCc3cc(F)ccc32)c1. The fraction of sp³-hybridized carbons (Fsp3) is 0.130. The molecule has 0 radical (unpaired) electrons. The molecule has 0 saturated carbocycles. The molecule has 0 saturated heterocycles. The molecule has 6 nitrogen and oxygen atoms in total. The average Bonchev–Trinajstić information content (AvgIpc) is 3.39. The molecule has 6 aromatic carbocycles. The van der Waals surface area contributed by atoms with E-state index in [1.54, 1.807) is 36.4 Å². The highest BCUT2D eigenvalue weighted by molar-refractivity contribution is 7.92. The molecule has 0 amide bonds. The molecule has 6 aromatic rings. The van der Waals surface area contributed by atoms with Gasteiger partial charge in [-0.3, -0.25) is 9.44 Å². The summed E-state index contributed by atoms with van der Waals surface area (Å²) in [5.41, 5.74) is 13.4. The lowest BCUT2D eigenvalue weighted by Crippen LogP contribution is -2.09. The van der Waals surface area contributed by atoms with Crippen molar-refractivity contribution in [3.8, 4) is 0 Å². The van der Waals surface area contributed by atoms with Crippen molar-refractivity contribution in [2.45, 2.75) is 25.7 Å². The Kier molecular flexibility index (Phi) is 11.0. The van der Waals surface area contributed by atoms with Gasteiger partial charge < -0.3 is 0 Å². The predicted octanol–water partition coefficient (Wildman–Crippen LogP) is 9.77. The number of hydrogen-bond acceptors (Lipinski definition) is 4. The number of aryl methyl sites for hydroxylation is 4.